The molecule has 1 aliphatic heterocycles. The summed E-state index contributed by atoms with van der Waals surface area (Å²) >= 11 is 1.84. The molecule has 1 aliphatic carbocycles. The summed E-state index contributed by atoms with van der Waals surface area (Å²) in [5, 5.41) is 4.02. The molecule has 6 rings (SSSR count). The summed E-state index contributed by atoms with van der Waals surface area (Å²) in [5.41, 5.74) is 4.70. The number of amides is 2. The highest BCUT2D eigenvalue weighted by atomic mass is 32.1. The Bertz CT molecular complexity index is 1410. The molecule has 0 saturated carbocycles. The number of hydrogen-bond acceptors (Lipinski definition) is 3. The number of anilines is 1. The predicted molar refractivity (Wildman–Crippen MR) is 136 cm³/mol. The second-order valence-corrected chi connectivity index (χ2v) is 10.1. The van der Waals surface area contributed by atoms with Gasteiger partial charge in [-0.1, -0.05) is 24.3 Å². The van der Waals surface area contributed by atoms with E-state index in [-0.39, 0.29) is 17.8 Å². The average Bonchev–Trinajstić information content (AvgIpc) is 3.47. The number of nitrogens with one attached hydrogen (secondary N) is 1. The fourth-order valence-electron chi connectivity index (χ4n) is 5.30. The van der Waals surface area contributed by atoms with Crippen LogP contribution in [0.5, 0.6) is 5.75 Å². The van der Waals surface area contributed by atoms with Gasteiger partial charge in [0.2, 0.25) is 0 Å². The zero-order valence-corrected chi connectivity index (χ0v) is 20.3. The van der Waals surface area contributed by atoms with Crippen molar-refractivity contribution in [1.82, 2.24) is 9.47 Å². The van der Waals surface area contributed by atoms with Crippen LogP contribution in [0.15, 0.2) is 66.9 Å². The molecule has 0 saturated heterocycles. The van der Waals surface area contributed by atoms with Gasteiger partial charge in [-0.15, -0.1) is 11.3 Å². The van der Waals surface area contributed by atoms with Crippen molar-refractivity contribution in [3.8, 4) is 10.8 Å². The van der Waals surface area contributed by atoms with E-state index < -0.39 is 5.82 Å². The van der Waals surface area contributed by atoms with E-state index in [0.717, 1.165) is 36.3 Å². The zero-order valence-electron chi connectivity index (χ0n) is 19.5. The maximum absolute atomic E-state index is 14.5. The molecule has 2 aliphatic rings. The van der Waals surface area contributed by atoms with Crippen LogP contribution in [0.2, 0.25) is 0 Å². The van der Waals surface area contributed by atoms with Crippen molar-refractivity contribution in [3.05, 3.63) is 99.9 Å². The van der Waals surface area contributed by atoms with Gasteiger partial charge in [0, 0.05) is 16.6 Å². The number of para-hydroxylation sites is 1. The van der Waals surface area contributed by atoms with Crippen molar-refractivity contribution >= 4 is 23.1 Å². The third-order valence-electron chi connectivity index (χ3n) is 6.96. The summed E-state index contributed by atoms with van der Waals surface area (Å²) < 4.78 is 22.2. The Hall–Kier alpha value is -3.58. The monoisotopic (exact) mass is 487 g/mol. The maximum Gasteiger partial charge on any atom is 0.323 e. The number of carbonyl (C=O) groups is 1. The summed E-state index contributed by atoms with van der Waals surface area (Å²) in [5.74, 6) is 0.275. The highest BCUT2D eigenvalue weighted by molar-refractivity contribution is 7.15. The van der Waals surface area contributed by atoms with Crippen LogP contribution in [-0.2, 0) is 19.4 Å². The molecule has 1 atom stereocenters. The molecule has 3 heterocycles. The fourth-order valence-corrected chi connectivity index (χ4v) is 6.70. The molecule has 0 spiro atoms. The van der Waals surface area contributed by atoms with E-state index in [9.17, 15) is 9.18 Å². The van der Waals surface area contributed by atoms with Crippen molar-refractivity contribution in [1.29, 1.82) is 0 Å². The van der Waals surface area contributed by atoms with E-state index in [4.69, 9.17) is 4.74 Å². The molecule has 35 heavy (non-hydrogen) atoms. The summed E-state index contributed by atoms with van der Waals surface area (Å²) in [6.45, 7) is 0.449. The first-order chi connectivity index (χ1) is 17.1. The van der Waals surface area contributed by atoms with Gasteiger partial charge in [-0.2, -0.15) is 0 Å². The number of methoxy groups -OCH3 is 1. The molecule has 5 nitrogen and oxygen atoms in total. The third kappa shape index (κ3) is 3.80. The first-order valence-electron chi connectivity index (χ1n) is 11.9. The number of carbonyl (C=O) groups excluding carboxylic acids is 1. The molecule has 0 unspecified atom stereocenters. The Morgan fingerprint density at radius 1 is 1.06 bits per heavy atom. The number of urea groups is 1. The highest BCUT2D eigenvalue weighted by Gasteiger charge is 2.36. The summed E-state index contributed by atoms with van der Waals surface area (Å²) in [6, 6.07) is 17.5. The van der Waals surface area contributed by atoms with Crippen molar-refractivity contribution in [2.75, 3.05) is 12.4 Å². The van der Waals surface area contributed by atoms with Gasteiger partial charge in [-0.3, -0.25) is 0 Å². The number of benzene rings is 2. The molecule has 2 amide bonds. The number of hydrogen-bond donors (Lipinski definition) is 1. The van der Waals surface area contributed by atoms with Gasteiger partial charge in [0.1, 0.15) is 16.6 Å². The van der Waals surface area contributed by atoms with Gasteiger partial charge in [0.05, 0.1) is 31.1 Å². The van der Waals surface area contributed by atoms with Crippen LogP contribution in [0.25, 0.3) is 5.00 Å². The Balaban J connectivity index is 1.51. The van der Waals surface area contributed by atoms with Crippen LogP contribution in [-0.4, -0.2) is 22.6 Å². The van der Waals surface area contributed by atoms with Gasteiger partial charge < -0.3 is 19.5 Å². The number of aromatic nitrogens is 1. The minimum absolute atomic E-state index is 0.175. The van der Waals surface area contributed by atoms with Crippen LogP contribution in [0, 0.1) is 5.82 Å². The molecule has 0 radical (unpaired) electrons. The lowest BCUT2D eigenvalue weighted by molar-refractivity contribution is 0.194. The van der Waals surface area contributed by atoms with E-state index in [1.807, 2.05) is 46.6 Å². The Labute approximate surface area is 207 Å². The van der Waals surface area contributed by atoms with Gasteiger partial charge in [-0.25, -0.2) is 9.18 Å². The lowest BCUT2D eigenvalue weighted by Crippen LogP contribution is -2.38. The standard InChI is InChI=1S/C28H26FN3O2S/c1-34-19-9-6-8-18(16-19)26-24-13-7-15-31(24)27-21(20-10-2-5-14-25(20)35-27)17-32(26)28(33)30-23-12-4-3-11-22(23)29/h3-4,6-9,11-13,15-16,26H,2,5,10,14,17H2,1H3,(H,30,33)/t26-/m0/s1. The van der Waals surface area contributed by atoms with Gasteiger partial charge >= 0.3 is 6.03 Å². The first kappa shape index (κ1) is 21.9. The van der Waals surface area contributed by atoms with Crippen LogP contribution in [0.1, 0.15) is 46.1 Å². The summed E-state index contributed by atoms with van der Waals surface area (Å²) in [7, 11) is 1.64. The number of fused-ring (bicyclic) bond motifs is 5. The SMILES string of the molecule is COc1cccc([C@H]2c3cccn3-c3sc4c(c3CN2C(=O)Nc2ccccc2F)CCCC4)c1. The molecule has 2 aromatic heterocycles. The van der Waals surface area contributed by atoms with Gasteiger partial charge in [0.15, 0.2) is 0 Å². The smallest absolute Gasteiger partial charge is 0.323 e. The van der Waals surface area contributed by atoms with E-state index in [1.165, 1.54) is 33.5 Å². The minimum Gasteiger partial charge on any atom is -0.497 e. The van der Waals surface area contributed by atoms with Gasteiger partial charge in [0.25, 0.3) is 0 Å². The van der Waals surface area contributed by atoms with Crippen molar-refractivity contribution in [3.63, 3.8) is 0 Å². The highest BCUT2D eigenvalue weighted by Crippen LogP contribution is 2.44. The Morgan fingerprint density at radius 2 is 1.91 bits per heavy atom. The van der Waals surface area contributed by atoms with E-state index in [2.05, 4.69) is 22.1 Å². The Kier molecular flexibility index (Phi) is 5.57. The lowest BCUT2D eigenvalue weighted by Gasteiger charge is -2.31. The largest absolute Gasteiger partial charge is 0.497 e. The van der Waals surface area contributed by atoms with Crippen LogP contribution in [0.3, 0.4) is 0 Å². The maximum atomic E-state index is 14.5. The normalized spacial score (nSPS) is 16.6. The number of thiophene rings is 1. The Morgan fingerprint density at radius 3 is 2.77 bits per heavy atom. The van der Waals surface area contributed by atoms with E-state index >= 15 is 0 Å². The van der Waals surface area contributed by atoms with E-state index in [0.29, 0.717) is 6.54 Å². The summed E-state index contributed by atoms with van der Waals surface area (Å²) in [4.78, 5) is 17.1. The molecule has 1 N–H and O–H groups in total. The number of aryl methyl sites for hydroxylation is 1. The predicted octanol–water partition coefficient (Wildman–Crippen LogP) is 6.70. The van der Waals surface area contributed by atoms with E-state index in [1.54, 1.807) is 25.3 Å². The lowest BCUT2D eigenvalue weighted by atomic mass is 9.95. The van der Waals surface area contributed by atoms with Crippen molar-refractivity contribution in [2.24, 2.45) is 0 Å². The van der Waals surface area contributed by atoms with Gasteiger partial charge in [-0.05, 0) is 73.2 Å². The third-order valence-corrected chi connectivity index (χ3v) is 8.30. The number of halogens is 1. The molecular formula is C28H26FN3O2S. The number of ether oxygens (including phenoxy) is 1. The van der Waals surface area contributed by atoms with Crippen molar-refractivity contribution in [2.45, 2.75) is 38.3 Å². The fraction of sp³-hybridized carbons (Fsp3) is 0.250. The second-order valence-electron chi connectivity index (χ2n) is 9.01. The molecule has 4 aromatic rings. The molecule has 2 aromatic carbocycles. The molecule has 0 bridgehead atoms. The molecule has 7 heteroatoms. The molecule has 0 fully saturated rings. The van der Waals surface area contributed by atoms with Crippen molar-refractivity contribution < 1.29 is 13.9 Å². The van der Waals surface area contributed by atoms with Crippen LogP contribution >= 0.6 is 11.3 Å². The topological polar surface area (TPSA) is 46.5 Å². The molecule has 178 valence electrons. The second kappa shape index (κ2) is 8.89. The van der Waals surface area contributed by atoms with Crippen LogP contribution in [0.4, 0.5) is 14.9 Å². The zero-order chi connectivity index (χ0) is 23.9. The first-order valence-corrected chi connectivity index (χ1v) is 12.7. The average molecular weight is 488 g/mol. The van der Waals surface area contributed by atoms with Crippen LogP contribution < -0.4 is 10.1 Å². The number of rotatable bonds is 3. The minimum atomic E-state index is -0.453. The number of nitrogens with zero attached hydrogens (tertiary/aromatic N) is 2. The quantitative estimate of drug-likeness (QED) is 0.349. The summed E-state index contributed by atoms with van der Waals surface area (Å²) in [6.07, 6.45) is 6.57. The molecular weight excluding hydrogens is 461 g/mol.